The molecule has 0 aliphatic rings. The highest BCUT2D eigenvalue weighted by Crippen LogP contribution is 2.18. The molecule has 2 rings (SSSR count). The summed E-state index contributed by atoms with van der Waals surface area (Å²) in [5.41, 5.74) is 3.32. The van der Waals surface area contributed by atoms with Crippen molar-refractivity contribution < 1.29 is 19.1 Å². The van der Waals surface area contributed by atoms with Gasteiger partial charge in [0.25, 0.3) is 5.91 Å². The van der Waals surface area contributed by atoms with Crippen LogP contribution in [0, 0.1) is 19.8 Å². The lowest BCUT2D eigenvalue weighted by atomic mass is 10.0. The first kappa shape index (κ1) is 20.7. The number of aryl methyl sites for hydroxylation is 1. The number of benzene rings is 1. The molecule has 0 spiro atoms. The number of ether oxygens (including phenoxy) is 2. The quantitative estimate of drug-likeness (QED) is 0.656. The van der Waals surface area contributed by atoms with Crippen molar-refractivity contribution in [3.05, 3.63) is 46.8 Å². The maximum absolute atomic E-state index is 12.5. The second kappa shape index (κ2) is 9.35. The summed E-state index contributed by atoms with van der Waals surface area (Å²) in [7, 11) is 0. The molecular formula is C21H28N2O4. The number of carbonyl (C=O) groups is 2. The van der Waals surface area contributed by atoms with E-state index >= 15 is 0 Å². The molecule has 0 unspecified atom stereocenters. The van der Waals surface area contributed by atoms with Crippen LogP contribution >= 0.6 is 0 Å². The first-order valence-electron chi connectivity index (χ1n) is 9.31. The predicted octanol–water partition coefficient (Wildman–Crippen LogP) is 3.98. The minimum absolute atomic E-state index is 0.122. The molecule has 1 aromatic heterocycles. The van der Waals surface area contributed by atoms with E-state index < -0.39 is 0 Å². The topological polar surface area (TPSA) is 70.4 Å². The number of rotatable bonds is 8. The number of hydrogen-bond acceptors (Lipinski definition) is 5. The Kier molecular flexibility index (Phi) is 7.16. The monoisotopic (exact) mass is 372 g/mol. The van der Waals surface area contributed by atoms with E-state index in [1.165, 1.54) is 4.68 Å². The van der Waals surface area contributed by atoms with Gasteiger partial charge in [0, 0.05) is 5.69 Å². The molecule has 27 heavy (non-hydrogen) atoms. The number of hydrogen-bond donors (Lipinski definition) is 0. The van der Waals surface area contributed by atoms with Crippen molar-refractivity contribution in [1.82, 2.24) is 9.78 Å². The van der Waals surface area contributed by atoms with E-state index in [-0.39, 0.29) is 18.5 Å². The van der Waals surface area contributed by atoms with Crippen LogP contribution in [0.3, 0.4) is 0 Å². The fourth-order valence-electron chi connectivity index (χ4n) is 2.79. The van der Waals surface area contributed by atoms with Gasteiger partial charge < -0.3 is 9.47 Å². The summed E-state index contributed by atoms with van der Waals surface area (Å²) in [6.45, 7) is 10.3. The lowest BCUT2D eigenvalue weighted by molar-refractivity contribution is 0.0504. The van der Waals surface area contributed by atoms with Crippen LogP contribution in [0.15, 0.2) is 24.3 Å². The number of carbonyl (C=O) groups excluding carboxylic acids is 2. The summed E-state index contributed by atoms with van der Waals surface area (Å²) in [5, 5.41) is 4.37. The second-order valence-corrected chi connectivity index (χ2v) is 7.00. The third-order valence-corrected chi connectivity index (χ3v) is 4.18. The SMILES string of the molecule is CCCOC(=O)c1ccc(OCC(=O)n2nc(C)c(CC(C)C)c2C)cc1. The standard InChI is InChI=1S/C21H28N2O4/c1-6-11-26-21(25)17-7-9-18(10-8-17)27-13-20(24)23-16(5)19(12-14(2)3)15(4)22-23/h7-10,14H,6,11-13H2,1-5H3. The molecule has 146 valence electrons. The zero-order valence-corrected chi connectivity index (χ0v) is 16.7. The molecule has 0 radical (unpaired) electrons. The van der Waals surface area contributed by atoms with Crippen molar-refractivity contribution in [3.63, 3.8) is 0 Å². The Morgan fingerprint density at radius 3 is 2.41 bits per heavy atom. The maximum Gasteiger partial charge on any atom is 0.338 e. The average Bonchev–Trinajstić information content (AvgIpc) is 2.92. The van der Waals surface area contributed by atoms with E-state index in [4.69, 9.17) is 9.47 Å². The first-order chi connectivity index (χ1) is 12.8. The van der Waals surface area contributed by atoms with Crippen molar-refractivity contribution in [1.29, 1.82) is 0 Å². The van der Waals surface area contributed by atoms with Gasteiger partial charge in [-0.05, 0) is 62.4 Å². The van der Waals surface area contributed by atoms with Gasteiger partial charge in [-0.2, -0.15) is 5.10 Å². The largest absolute Gasteiger partial charge is 0.484 e. The summed E-state index contributed by atoms with van der Waals surface area (Å²) < 4.78 is 12.1. The Morgan fingerprint density at radius 2 is 1.81 bits per heavy atom. The molecular weight excluding hydrogens is 344 g/mol. The van der Waals surface area contributed by atoms with Gasteiger partial charge in [0.2, 0.25) is 0 Å². The highest BCUT2D eigenvalue weighted by Gasteiger charge is 2.17. The molecule has 6 heteroatoms. The van der Waals surface area contributed by atoms with E-state index in [9.17, 15) is 9.59 Å². The average molecular weight is 372 g/mol. The smallest absolute Gasteiger partial charge is 0.338 e. The summed E-state index contributed by atoms with van der Waals surface area (Å²) >= 11 is 0. The second-order valence-electron chi connectivity index (χ2n) is 7.00. The molecule has 2 aromatic rings. The molecule has 0 saturated carbocycles. The lowest BCUT2D eigenvalue weighted by Crippen LogP contribution is -2.22. The summed E-state index contributed by atoms with van der Waals surface area (Å²) in [6, 6.07) is 6.56. The molecule has 0 atom stereocenters. The van der Waals surface area contributed by atoms with Crippen molar-refractivity contribution >= 4 is 11.9 Å². The van der Waals surface area contributed by atoms with Crippen LogP contribution in [0.25, 0.3) is 0 Å². The van der Waals surface area contributed by atoms with Gasteiger partial charge >= 0.3 is 5.97 Å². The van der Waals surface area contributed by atoms with E-state index in [0.29, 0.717) is 23.8 Å². The van der Waals surface area contributed by atoms with E-state index in [1.807, 2.05) is 20.8 Å². The minimum atomic E-state index is -0.361. The molecule has 1 heterocycles. The minimum Gasteiger partial charge on any atom is -0.484 e. The van der Waals surface area contributed by atoms with Crippen LogP contribution in [0.2, 0.25) is 0 Å². The Balaban J connectivity index is 1.98. The highest BCUT2D eigenvalue weighted by molar-refractivity contribution is 5.89. The molecule has 0 N–H and O–H groups in total. The lowest BCUT2D eigenvalue weighted by Gasteiger charge is -2.08. The van der Waals surface area contributed by atoms with Crippen LogP contribution in [0.4, 0.5) is 0 Å². The van der Waals surface area contributed by atoms with Crippen molar-refractivity contribution in [2.24, 2.45) is 5.92 Å². The van der Waals surface area contributed by atoms with E-state index in [1.54, 1.807) is 24.3 Å². The first-order valence-corrected chi connectivity index (χ1v) is 9.31. The van der Waals surface area contributed by atoms with E-state index in [2.05, 4.69) is 18.9 Å². The maximum atomic E-state index is 12.5. The molecule has 0 aliphatic carbocycles. The number of aromatic nitrogens is 2. The molecule has 0 saturated heterocycles. The molecule has 6 nitrogen and oxygen atoms in total. The Labute approximate surface area is 160 Å². The Morgan fingerprint density at radius 1 is 1.15 bits per heavy atom. The fraction of sp³-hybridized carbons (Fsp3) is 0.476. The fourth-order valence-corrected chi connectivity index (χ4v) is 2.79. The van der Waals surface area contributed by atoms with Gasteiger partial charge in [0.1, 0.15) is 5.75 Å². The normalized spacial score (nSPS) is 10.9. The molecule has 1 aromatic carbocycles. The third-order valence-electron chi connectivity index (χ3n) is 4.18. The molecule has 0 aliphatic heterocycles. The van der Waals surface area contributed by atoms with Crippen molar-refractivity contribution in [2.45, 2.75) is 47.5 Å². The van der Waals surface area contributed by atoms with Crippen molar-refractivity contribution in [2.75, 3.05) is 13.2 Å². The van der Waals surface area contributed by atoms with Crippen LogP contribution in [-0.2, 0) is 11.2 Å². The molecule has 0 amide bonds. The summed E-state index contributed by atoms with van der Waals surface area (Å²) in [5.74, 6) is 0.421. The van der Waals surface area contributed by atoms with Gasteiger partial charge in [-0.15, -0.1) is 0 Å². The van der Waals surface area contributed by atoms with Crippen LogP contribution in [0.5, 0.6) is 5.75 Å². The third kappa shape index (κ3) is 5.42. The van der Waals surface area contributed by atoms with Gasteiger partial charge in [0.05, 0.1) is 17.9 Å². The Bertz CT molecular complexity index is 791. The van der Waals surface area contributed by atoms with Gasteiger partial charge in [0.15, 0.2) is 6.61 Å². The van der Waals surface area contributed by atoms with Crippen LogP contribution in [-0.4, -0.2) is 34.9 Å². The highest BCUT2D eigenvalue weighted by atomic mass is 16.5. The van der Waals surface area contributed by atoms with Gasteiger partial charge in [-0.3, -0.25) is 4.79 Å². The van der Waals surface area contributed by atoms with E-state index in [0.717, 1.165) is 29.8 Å². The number of esters is 1. The van der Waals surface area contributed by atoms with Gasteiger partial charge in [-0.1, -0.05) is 20.8 Å². The summed E-state index contributed by atoms with van der Waals surface area (Å²) in [6.07, 6.45) is 1.67. The zero-order valence-electron chi connectivity index (χ0n) is 16.7. The molecule has 0 bridgehead atoms. The Hall–Kier alpha value is -2.63. The van der Waals surface area contributed by atoms with Crippen LogP contribution < -0.4 is 4.74 Å². The van der Waals surface area contributed by atoms with Crippen molar-refractivity contribution in [3.8, 4) is 5.75 Å². The predicted molar refractivity (Wildman–Crippen MR) is 103 cm³/mol. The summed E-state index contributed by atoms with van der Waals surface area (Å²) in [4.78, 5) is 24.3. The van der Waals surface area contributed by atoms with Gasteiger partial charge in [-0.25, -0.2) is 9.48 Å². The molecule has 0 fully saturated rings. The number of nitrogens with zero attached hydrogens (tertiary/aromatic N) is 2. The van der Waals surface area contributed by atoms with Crippen LogP contribution in [0.1, 0.15) is 59.3 Å². The zero-order chi connectivity index (χ0) is 20.0.